The maximum absolute atomic E-state index is 13.0. The third kappa shape index (κ3) is 3.59. The summed E-state index contributed by atoms with van der Waals surface area (Å²) in [4.78, 5) is 23.9. The monoisotopic (exact) mass is 321 g/mol. The molecule has 3 nitrogen and oxygen atoms in total. The van der Waals surface area contributed by atoms with Gasteiger partial charge < -0.3 is 5.32 Å². The first-order valence-corrected chi connectivity index (χ1v) is 6.80. The zero-order valence-corrected chi connectivity index (χ0v) is 12.5. The molecular formula is C17H14F3NO2. The molecule has 0 spiro atoms. The molecule has 2 aromatic rings. The molecule has 6 heteroatoms. The lowest BCUT2D eigenvalue weighted by Gasteiger charge is -2.16. The van der Waals surface area contributed by atoms with Crippen molar-refractivity contribution in [3.63, 3.8) is 0 Å². The van der Waals surface area contributed by atoms with E-state index in [2.05, 4.69) is 5.32 Å². The number of halogens is 3. The van der Waals surface area contributed by atoms with Gasteiger partial charge in [-0.2, -0.15) is 13.2 Å². The predicted molar refractivity (Wildman–Crippen MR) is 80.6 cm³/mol. The zero-order valence-electron chi connectivity index (χ0n) is 12.5. The van der Waals surface area contributed by atoms with Crippen LogP contribution in [0.2, 0.25) is 0 Å². The number of hydrogen-bond donors (Lipinski definition) is 1. The molecule has 0 aliphatic heterocycles. The van der Waals surface area contributed by atoms with Crippen molar-refractivity contribution in [1.29, 1.82) is 0 Å². The average molecular weight is 321 g/mol. The topological polar surface area (TPSA) is 46.2 Å². The molecule has 0 bridgehead atoms. The van der Waals surface area contributed by atoms with Crippen LogP contribution in [0.5, 0.6) is 0 Å². The van der Waals surface area contributed by atoms with Crippen LogP contribution in [0, 0.1) is 6.92 Å². The smallest absolute Gasteiger partial charge is 0.321 e. The van der Waals surface area contributed by atoms with Crippen LogP contribution in [0.15, 0.2) is 42.5 Å². The number of Topliss-reactive ketones (excluding diaryl/α,β-unsaturated/α-hetero) is 1. The molecule has 23 heavy (non-hydrogen) atoms. The molecule has 0 atom stereocenters. The van der Waals surface area contributed by atoms with Gasteiger partial charge in [0.2, 0.25) is 0 Å². The zero-order chi connectivity index (χ0) is 17.2. The first kappa shape index (κ1) is 16.7. The summed E-state index contributed by atoms with van der Waals surface area (Å²) in [6, 6.07) is 9.93. The van der Waals surface area contributed by atoms with Crippen molar-refractivity contribution < 1.29 is 22.8 Å². The molecule has 0 fully saturated rings. The first-order valence-electron chi connectivity index (χ1n) is 6.80. The number of benzene rings is 2. The second-order valence-corrected chi connectivity index (χ2v) is 5.05. The van der Waals surface area contributed by atoms with Crippen molar-refractivity contribution in [1.82, 2.24) is 0 Å². The van der Waals surface area contributed by atoms with Crippen molar-refractivity contribution >= 4 is 17.4 Å². The molecule has 0 aliphatic carbocycles. The molecule has 1 N–H and O–H groups in total. The minimum Gasteiger partial charge on any atom is -0.321 e. The molecule has 0 unspecified atom stereocenters. The summed E-state index contributed by atoms with van der Waals surface area (Å²) in [5.41, 5.74) is -0.740. The van der Waals surface area contributed by atoms with Gasteiger partial charge in [0.1, 0.15) is 0 Å². The molecule has 0 radical (unpaired) electrons. The highest BCUT2D eigenvalue weighted by molar-refractivity contribution is 6.10. The fourth-order valence-electron chi connectivity index (χ4n) is 2.29. The number of rotatable bonds is 3. The third-order valence-electron chi connectivity index (χ3n) is 3.36. The Morgan fingerprint density at radius 3 is 2.22 bits per heavy atom. The number of aryl methyl sites for hydroxylation is 1. The van der Waals surface area contributed by atoms with Crippen molar-refractivity contribution in [3.05, 3.63) is 64.7 Å². The Labute approximate surface area is 131 Å². The molecule has 2 aromatic carbocycles. The summed E-state index contributed by atoms with van der Waals surface area (Å²) in [6.45, 7) is 2.75. The lowest BCUT2D eigenvalue weighted by molar-refractivity contribution is -0.137. The second kappa shape index (κ2) is 6.24. The van der Waals surface area contributed by atoms with Crippen LogP contribution >= 0.6 is 0 Å². The fraction of sp³-hybridized carbons (Fsp3) is 0.176. The lowest BCUT2D eigenvalue weighted by atomic mass is 10.0. The van der Waals surface area contributed by atoms with Crippen LogP contribution in [0.1, 0.15) is 38.8 Å². The van der Waals surface area contributed by atoms with Gasteiger partial charge in [-0.05, 0) is 37.6 Å². The quantitative estimate of drug-likeness (QED) is 0.848. The molecular weight excluding hydrogens is 307 g/mol. The number of ketones is 1. The van der Waals surface area contributed by atoms with E-state index in [9.17, 15) is 22.8 Å². The van der Waals surface area contributed by atoms with Crippen LogP contribution in [0.4, 0.5) is 18.9 Å². The number of nitrogens with one attached hydrogen (secondary N) is 1. The molecule has 120 valence electrons. The first-order chi connectivity index (χ1) is 10.7. The average Bonchev–Trinajstić information content (AvgIpc) is 2.46. The van der Waals surface area contributed by atoms with Crippen molar-refractivity contribution in [2.75, 3.05) is 5.32 Å². The van der Waals surface area contributed by atoms with Gasteiger partial charge >= 0.3 is 6.18 Å². The maximum Gasteiger partial charge on any atom is 0.417 e. The van der Waals surface area contributed by atoms with Crippen molar-refractivity contribution in [2.24, 2.45) is 0 Å². The third-order valence-corrected chi connectivity index (χ3v) is 3.36. The molecule has 0 aromatic heterocycles. The van der Waals surface area contributed by atoms with Gasteiger partial charge in [0.15, 0.2) is 5.78 Å². The predicted octanol–water partition coefficient (Wildman–Crippen LogP) is 4.47. The van der Waals surface area contributed by atoms with Gasteiger partial charge in [-0.15, -0.1) is 0 Å². The van der Waals surface area contributed by atoms with Crippen molar-refractivity contribution in [3.8, 4) is 0 Å². The van der Waals surface area contributed by atoms with Crippen LogP contribution in [-0.2, 0) is 6.18 Å². The highest BCUT2D eigenvalue weighted by atomic mass is 19.4. The Morgan fingerprint density at radius 1 is 1.00 bits per heavy atom. The Bertz CT molecular complexity index is 767. The summed E-state index contributed by atoms with van der Waals surface area (Å²) in [5, 5.41) is 2.40. The molecule has 2 rings (SSSR count). The van der Waals surface area contributed by atoms with Gasteiger partial charge in [-0.25, -0.2) is 0 Å². The molecule has 1 amide bonds. The molecule has 0 heterocycles. The Kier molecular flexibility index (Phi) is 4.54. The van der Waals surface area contributed by atoms with E-state index in [1.165, 1.54) is 6.07 Å². The number of alkyl halides is 3. The normalized spacial score (nSPS) is 11.2. The number of hydrogen-bond acceptors (Lipinski definition) is 2. The standard InChI is InChI=1S/C17H14F3NO2/c1-10-6-3-4-7-12(10)16(23)21-14-9-5-8-13(17(18,19)20)15(14)11(2)22/h3-9H,1-2H3,(H,21,23). The second-order valence-electron chi connectivity index (χ2n) is 5.05. The summed E-state index contributed by atoms with van der Waals surface area (Å²) in [6.07, 6.45) is -4.68. The van der Waals surface area contributed by atoms with Gasteiger partial charge in [0, 0.05) is 5.56 Å². The van der Waals surface area contributed by atoms with Crippen LogP contribution in [-0.4, -0.2) is 11.7 Å². The molecule has 0 saturated carbocycles. The van der Waals surface area contributed by atoms with Gasteiger partial charge in [-0.3, -0.25) is 9.59 Å². The van der Waals surface area contributed by atoms with Crippen LogP contribution in [0.3, 0.4) is 0 Å². The van der Waals surface area contributed by atoms with Crippen LogP contribution in [0.25, 0.3) is 0 Å². The largest absolute Gasteiger partial charge is 0.417 e. The summed E-state index contributed by atoms with van der Waals surface area (Å²) in [5.74, 6) is -1.33. The summed E-state index contributed by atoms with van der Waals surface area (Å²) < 4.78 is 39.1. The number of anilines is 1. The van der Waals surface area contributed by atoms with E-state index in [1.54, 1.807) is 31.2 Å². The minimum atomic E-state index is -4.68. The van der Waals surface area contributed by atoms with Crippen LogP contribution < -0.4 is 5.32 Å². The molecule has 0 saturated heterocycles. The SMILES string of the molecule is CC(=O)c1c(NC(=O)c2ccccc2C)cccc1C(F)(F)F. The van der Waals surface area contributed by atoms with E-state index >= 15 is 0 Å². The molecule has 0 aliphatic rings. The van der Waals surface area contributed by atoms with E-state index in [4.69, 9.17) is 0 Å². The highest BCUT2D eigenvalue weighted by Gasteiger charge is 2.35. The Hall–Kier alpha value is -2.63. The van der Waals surface area contributed by atoms with E-state index in [0.29, 0.717) is 11.1 Å². The van der Waals surface area contributed by atoms with E-state index in [0.717, 1.165) is 19.1 Å². The van der Waals surface area contributed by atoms with Gasteiger partial charge in [0.25, 0.3) is 5.91 Å². The fourth-order valence-corrected chi connectivity index (χ4v) is 2.29. The Balaban J connectivity index is 2.47. The van der Waals surface area contributed by atoms with Gasteiger partial charge in [-0.1, -0.05) is 24.3 Å². The number of amides is 1. The minimum absolute atomic E-state index is 0.152. The summed E-state index contributed by atoms with van der Waals surface area (Å²) >= 11 is 0. The Morgan fingerprint density at radius 2 is 1.65 bits per heavy atom. The summed E-state index contributed by atoms with van der Waals surface area (Å²) in [7, 11) is 0. The number of carbonyl (C=O) groups excluding carboxylic acids is 2. The highest BCUT2D eigenvalue weighted by Crippen LogP contribution is 2.35. The van der Waals surface area contributed by atoms with Gasteiger partial charge in [0.05, 0.1) is 16.8 Å². The van der Waals surface area contributed by atoms with E-state index < -0.39 is 29.0 Å². The number of carbonyl (C=O) groups is 2. The maximum atomic E-state index is 13.0. The lowest BCUT2D eigenvalue weighted by Crippen LogP contribution is -2.19. The van der Waals surface area contributed by atoms with Crippen molar-refractivity contribution in [2.45, 2.75) is 20.0 Å². The van der Waals surface area contributed by atoms with E-state index in [1.807, 2.05) is 0 Å². The van der Waals surface area contributed by atoms with E-state index in [-0.39, 0.29) is 5.69 Å².